The first kappa shape index (κ1) is 46.5. The summed E-state index contributed by atoms with van der Waals surface area (Å²) < 4.78 is 32.5. The van der Waals surface area contributed by atoms with Crippen LogP contribution in [0, 0.1) is 0 Å². The van der Waals surface area contributed by atoms with E-state index < -0.39 is 26.5 Å². The highest BCUT2D eigenvalue weighted by Crippen LogP contribution is 2.43. The topological polar surface area (TPSA) is 108 Å². The summed E-state index contributed by atoms with van der Waals surface area (Å²) in [5.41, 5.74) is 0. The van der Waals surface area contributed by atoms with Crippen LogP contribution in [0.15, 0.2) is 24.3 Å². The highest BCUT2D eigenvalue weighted by molar-refractivity contribution is 7.47. The second kappa shape index (κ2) is 35.4. The van der Waals surface area contributed by atoms with Gasteiger partial charge in [0, 0.05) is 12.8 Å². The molecule has 0 amide bonds. The molecule has 1 N–H and O–H groups in total. The molecule has 9 heteroatoms. The number of phosphoric acid groups is 1. The van der Waals surface area contributed by atoms with E-state index in [9.17, 15) is 19.0 Å². The van der Waals surface area contributed by atoms with Gasteiger partial charge in [-0.15, -0.1) is 0 Å². The third kappa shape index (κ3) is 34.4. The van der Waals surface area contributed by atoms with E-state index in [1.54, 1.807) is 6.92 Å². The third-order valence-electron chi connectivity index (χ3n) is 8.26. The fourth-order valence-corrected chi connectivity index (χ4v) is 6.11. The van der Waals surface area contributed by atoms with E-state index in [0.717, 1.165) is 64.2 Å². The molecular weight excluding hydrogens is 627 g/mol. The Morgan fingerprint density at radius 3 is 1.54 bits per heavy atom. The summed E-state index contributed by atoms with van der Waals surface area (Å²) in [6.07, 6.45) is 36.5. The summed E-state index contributed by atoms with van der Waals surface area (Å²) in [5.74, 6) is -0.809. The quantitative estimate of drug-likeness (QED) is 0.0298. The molecule has 0 aliphatic rings. The van der Waals surface area contributed by atoms with Gasteiger partial charge in [-0.3, -0.25) is 18.6 Å². The van der Waals surface area contributed by atoms with Crippen LogP contribution in [0.1, 0.15) is 188 Å². The van der Waals surface area contributed by atoms with Crippen molar-refractivity contribution in [2.45, 2.75) is 194 Å². The molecule has 0 aliphatic heterocycles. The maximum atomic E-state index is 12.5. The smallest absolute Gasteiger partial charge is 0.462 e. The molecule has 0 aromatic heterocycles. The Hall–Kier alpha value is -1.47. The summed E-state index contributed by atoms with van der Waals surface area (Å²) in [6.45, 7) is 5.42. The van der Waals surface area contributed by atoms with E-state index in [0.29, 0.717) is 12.8 Å². The molecule has 0 heterocycles. The zero-order chi connectivity index (χ0) is 35.4. The number of ether oxygens (including phenoxy) is 2. The Kier molecular flexibility index (Phi) is 34.3. The Balaban J connectivity index is 4.14. The van der Waals surface area contributed by atoms with Crippen LogP contribution in [0.3, 0.4) is 0 Å². The van der Waals surface area contributed by atoms with Crippen LogP contribution in [-0.2, 0) is 32.7 Å². The van der Waals surface area contributed by atoms with Gasteiger partial charge >= 0.3 is 19.8 Å². The van der Waals surface area contributed by atoms with Crippen molar-refractivity contribution in [1.82, 2.24) is 0 Å². The minimum absolute atomic E-state index is 0.000826. The van der Waals surface area contributed by atoms with E-state index in [1.165, 1.54) is 83.5 Å². The number of phosphoric ester groups is 1. The Labute approximate surface area is 294 Å². The number of hydrogen-bond acceptors (Lipinski definition) is 7. The molecule has 2 atom stereocenters. The van der Waals surface area contributed by atoms with Crippen LogP contribution in [0.4, 0.5) is 0 Å². The van der Waals surface area contributed by atoms with Gasteiger partial charge in [0.15, 0.2) is 6.10 Å². The molecule has 0 fully saturated rings. The maximum Gasteiger partial charge on any atom is 0.472 e. The number of unbranched alkanes of at least 4 members (excludes halogenated alkanes) is 20. The maximum absolute atomic E-state index is 12.5. The highest BCUT2D eigenvalue weighted by Gasteiger charge is 2.25. The van der Waals surface area contributed by atoms with Crippen molar-refractivity contribution in [3.05, 3.63) is 24.3 Å². The van der Waals surface area contributed by atoms with Gasteiger partial charge < -0.3 is 14.4 Å². The van der Waals surface area contributed by atoms with E-state index in [-0.39, 0.29) is 25.6 Å². The van der Waals surface area contributed by atoms with Gasteiger partial charge in [-0.2, -0.15) is 0 Å². The first-order chi connectivity index (χ1) is 23.3. The lowest BCUT2D eigenvalue weighted by molar-refractivity contribution is -0.161. The van der Waals surface area contributed by atoms with Crippen molar-refractivity contribution in [3.8, 4) is 0 Å². The molecule has 48 heavy (non-hydrogen) atoms. The van der Waals surface area contributed by atoms with Gasteiger partial charge in [-0.1, -0.05) is 154 Å². The van der Waals surface area contributed by atoms with E-state index in [1.807, 2.05) is 0 Å². The Bertz CT molecular complexity index is 844. The Morgan fingerprint density at radius 2 is 1.02 bits per heavy atom. The fourth-order valence-electron chi connectivity index (χ4n) is 5.35. The zero-order valence-electron chi connectivity index (χ0n) is 31.1. The minimum atomic E-state index is -4.27. The van der Waals surface area contributed by atoms with E-state index >= 15 is 0 Å². The molecular formula is C39H73O8P. The molecule has 0 radical (unpaired) electrons. The molecule has 282 valence electrons. The summed E-state index contributed by atoms with van der Waals surface area (Å²) in [7, 11) is -4.27. The molecule has 0 aliphatic carbocycles. The number of carbonyl (C=O) groups excluding carboxylic acids is 2. The van der Waals surface area contributed by atoms with E-state index in [4.69, 9.17) is 18.5 Å². The van der Waals surface area contributed by atoms with Crippen LogP contribution in [0.5, 0.6) is 0 Å². The van der Waals surface area contributed by atoms with Gasteiger partial charge in [0.2, 0.25) is 0 Å². The molecule has 0 spiro atoms. The van der Waals surface area contributed by atoms with Crippen molar-refractivity contribution in [1.29, 1.82) is 0 Å². The molecule has 0 bridgehead atoms. The SMILES string of the molecule is CCCC/C=C\C/C=C\CCCCCCCC(=O)OC(COC(=O)CCCCCCCCCCCCCCCC)COP(=O)(O)OCC. The first-order valence-corrected chi connectivity index (χ1v) is 21.1. The largest absolute Gasteiger partial charge is 0.472 e. The first-order valence-electron chi connectivity index (χ1n) is 19.6. The van der Waals surface area contributed by atoms with Crippen molar-refractivity contribution in [3.63, 3.8) is 0 Å². The standard InChI is InChI=1S/C39H73O8P/c1-4-7-9-11-13-15-17-19-21-23-25-27-29-31-33-38(40)44-35-37(36-46-48(42,43)45-6-3)47-39(41)34-32-30-28-26-24-22-20-18-16-14-12-10-8-5-2/h12,14,18,20,37H,4-11,13,15-17,19,21-36H2,1-3H3,(H,42,43)/b14-12-,20-18-. The average Bonchev–Trinajstić information content (AvgIpc) is 3.06. The molecule has 0 saturated carbocycles. The van der Waals surface area contributed by atoms with Crippen molar-refractivity contribution >= 4 is 19.8 Å². The number of carbonyl (C=O) groups is 2. The average molecular weight is 701 g/mol. The predicted octanol–water partition coefficient (Wildman–Crippen LogP) is 11.9. The van der Waals surface area contributed by atoms with E-state index in [2.05, 4.69) is 38.2 Å². The molecule has 0 aromatic rings. The lowest BCUT2D eigenvalue weighted by atomic mass is 10.0. The zero-order valence-corrected chi connectivity index (χ0v) is 32.0. The van der Waals surface area contributed by atoms with Crippen molar-refractivity contribution in [2.24, 2.45) is 0 Å². The summed E-state index contributed by atoms with van der Waals surface area (Å²) in [6, 6.07) is 0. The number of rotatable bonds is 36. The van der Waals surface area contributed by atoms with Gasteiger partial charge in [0.05, 0.1) is 13.2 Å². The van der Waals surface area contributed by atoms with Gasteiger partial charge in [-0.25, -0.2) is 4.57 Å². The molecule has 0 saturated heterocycles. The normalized spacial score (nSPS) is 13.7. The summed E-state index contributed by atoms with van der Waals surface area (Å²) >= 11 is 0. The van der Waals surface area contributed by atoms with Crippen LogP contribution >= 0.6 is 7.82 Å². The molecule has 2 unspecified atom stereocenters. The van der Waals surface area contributed by atoms with Crippen LogP contribution < -0.4 is 0 Å². The number of hydrogen-bond donors (Lipinski definition) is 1. The lowest BCUT2D eigenvalue weighted by Gasteiger charge is -2.19. The summed E-state index contributed by atoms with van der Waals surface area (Å²) in [5, 5.41) is 0. The van der Waals surface area contributed by atoms with Crippen LogP contribution in [0.2, 0.25) is 0 Å². The van der Waals surface area contributed by atoms with Gasteiger partial charge in [0.25, 0.3) is 0 Å². The lowest BCUT2D eigenvalue weighted by Crippen LogP contribution is -2.29. The Morgan fingerprint density at radius 1 is 0.562 bits per heavy atom. The second-order valence-electron chi connectivity index (χ2n) is 13.0. The summed E-state index contributed by atoms with van der Waals surface area (Å²) in [4.78, 5) is 34.6. The van der Waals surface area contributed by atoms with Crippen molar-refractivity contribution < 1.29 is 37.6 Å². The fraction of sp³-hybridized carbons (Fsp3) is 0.846. The van der Waals surface area contributed by atoms with Crippen molar-refractivity contribution in [2.75, 3.05) is 19.8 Å². The van der Waals surface area contributed by atoms with Crippen LogP contribution in [0.25, 0.3) is 0 Å². The number of allylic oxidation sites excluding steroid dienone is 4. The minimum Gasteiger partial charge on any atom is -0.462 e. The highest BCUT2D eigenvalue weighted by atomic mass is 31.2. The third-order valence-corrected chi connectivity index (χ3v) is 9.32. The predicted molar refractivity (Wildman–Crippen MR) is 198 cm³/mol. The monoisotopic (exact) mass is 701 g/mol. The molecule has 8 nitrogen and oxygen atoms in total. The molecule has 0 rings (SSSR count). The second-order valence-corrected chi connectivity index (χ2v) is 14.4. The number of esters is 2. The van der Waals surface area contributed by atoms with Gasteiger partial charge in [-0.05, 0) is 45.4 Å². The molecule has 0 aromatic carbocycles. The van der Waals surface area contributed by atoms with Gasteiger partial charge in [0.1, 0.15) is 6.61 Å². The van der Waals surface area contributed by atoms with Crippen LogP contribution in [-0.4, -0.2) is 42.8 Å².